The number of halogens is 2. The van der Waals surface area contributed by atoms with Crippen LogP contribution in [0.2, 0.25) is 5.02 Å². The molecular weight excluding hydrogens is 349 g/mol. The highest BCUT2D eigenvalue weighted by molar-refractivity contribution is 6.30. The van der Waals surface area contributed by atoms with E-state index in [4.69, 9.17) is 21.1 Å². The zero-order chi connectivity index (χ0) is 18.2. The Bertz CT molecular complexity index is 726. The molecule has 5 nitrogen and oxygen atoms in total. The molecule has 2 aromatic rings. The molecule has 7 heteroatoms. The first-order chi connectivity index (χ1) is 11.9. The molecule has 0 bridgehead atoms. The van der Waals surface area contributed by atoms with E-state index in [1.807, 2.05) is 25.1 Å². The van der Waals surface area contributed by atoms with Crippen molar-refractivity contribution in [3.63, 3.8) is 0 Å². The Balaban J connectivity index is 1.67. The van der Waals surface area contributed by atoms with Crippen LogP contribution < -0.4 is 14.8 Å². The van der Waals surface area contributed by atoms with Gasteiger partial charge in [0.1, 0.15) is 30.0 Å². The molecule has 0 fully saturated rings. The van der Waals surface area contributed by atoms with Gasteiger partial charge in [-0.15, -0.1) is 0 Å². The van der Waals surface area contributed by atoms with E-state index in [9.17, 15) is 14.3 Å². The molecule has 0 aliphatic carbocycles. The van der Waals surface area contributed by atoms with Crippen LogP contribution in [0.3, 0.4) is 0 Å². The second kappa shape index (κ2) is 9.25. The van der Waals surface area contributed by atoms with E-state index in [1.54, 1.807) is 6.07 Å². The van der Waals surface area contributed by atoms with E-state index in [0.29, 0.717) is 5.75 Å². The highest BCUT2D eigenvalue weighted by Crippen LogP contribution is 2.20. The van der Waals surface area contributed by atoms with Gasteiger partial charge in [-0.3, -0.25) is 4.79 Å². The lowest BCUT2D eigenvalue weighted by Crippen LogP contribution is -2.37. The van der Waals surface area contributed by atoms with Crippen LogP contribution in [0.4, 0.5) is 4.39 Å². The Labute approximate surface area is 150 Å². The average Bonchev–Trinajstić information content (AvgIpc) is 2.59. The number of amides is 1. The topological polar surface area (TPSA) is 67.8 Å². The van der Waals surface area contributed by atoms with E-state index in [1.165, 1.54) is 12.1 Å². The molecule has 2 aromatic carbocycles. The Morgan fingerprint density at radius 1 is 1.24 bits per heavy atom. The van der Waals surface area contributed by atoms with Gasteiger partial charge in [0.15, 0.2) is 6.61 Å². The van der Waals surface area contributed by atoms with Crippen LogP contribution in [0.1, 0.15) is 5.56 Å². The Morgan fingerprint density at radius 2 is 2.00 bits per heavy atom. The minimum Gasteiger partial charge on any atom is -0.491 e. The molecule has 0 saturated carbocycles. The van der Waals surface area contributed by atoms with Gasteiger partial charge in [-0.25, -0.2) is 4.39 Å². The van der Waals surface area contributed by atoms with Crippen LogP contribution >= 0.6 is 11.6 Å². The fourth-order valence-corrected chi connectivity index (χ4v) is 2.13. The number of aliphatic hydroxyl groups excluding tert-OH is 1. The zero-order valence-corrected chi connectivity index (χ0v) is 14.4. The molecule has 1 amide bonds. The van der Waals surface area contributed by atoms with Crippen LogP contribution in [0.25, 0.3) is 0 Å². The second-order valence-electron chi connectivity index (χ2n) is 5.45. The molecule has 25 heavy (non-hydrogen) atoms. The molecule has 1 unspecified atom stereocenters. The van der Waals surface area contributed by atoms with Crippen LogP contribution in [0.15, 0.2) is 42.5 Å². The average molecular weight is 368 g/mol. The molecule has 0 saturated heterocycles. The van der Waals surface area contributed by atoms with Crippen molar-refractivity contribution in [3.05, 3.63) is 58.9 Å². The Morgan fingerprint density at radius 3 is 2.72 bits per heavy atom. The van der Waals surface area contributed by atoms with Crippen LogP contribution in [0, 0.1) is 12.7 Å². The number of carbonyl (C=O) groups excluding carboxylic acids is 1. The number of benzene rings is 2. The van der Waals surface area contributed by atoms with E-state index in [0.717, 1.165) is 11.6 Å². The standard InChI is InChI=1S/C18H19ClFNO4/c1-12-3-2-4-14(7-12)24-10-13(22)9-21-18(23)11-25-15-5-6-17(20)16(19)8-15/h2-8,13,22H,9-11H2,1H3,(H,21,23). The van der Waals surface area contributed by atoms with Crippen molar-refractivity contribution in [2.24, 2.45) is 0 Å². The van der Waals surface area contributed by atoms with Crippen LogP contribution in [-0.2, 0) is 4.79 Å². The molecule has 2 N–H and O–H groups in total. The lowest BCUT2D eigenvalue weighted by Gasteiger charge is -2.14. The second-order valence-corrected chi connectivity index (χ2v) is 5.86. The van der Waals surface area contributed by atoms with Crippen molar-refractivity contribution in [1.29, 1.82) is 0 Å². The van der Waals surface area contributed by atoms with Gasteiger partial charge in [0.25, 0.3) is 5.91 Å². The zero-order valence-electron chi connectivity index (χ0n) is 13.7. The van der Waals surface area contributed by atoms with E-state index in [-0.39, 0.29) is 30.5 Å². The predicted octanol–water partition coefficient (Wildman–Crippen LogP) is 2.72. The molecule has 0 heterocycles. The summed E-state index contributed by atoms with van der Waals surface area (Å²) in [5.74, 6) is -0.0444. The number of aliphatic hydroxyl groups is 1. The minimum absolute atomic E-state index is 0.0260. The molecule has 0 radical (unpaired) electrons. The third-order valence-electron chi connectivity index (χ3n) is 3.23. The van der Waals surface area contributed by atoms with Crippen LogP contribution in [0.5, 0.6) is 11.5 Å². The number of nitrogens with one attached hydrogen (secondary N) is 1. The van der Waals surface area contributed by atoms with E-state index >= 15 is 0 Å². The quantitative estimate of drug-likeness (QED) is 0.752. The summed E-state index contributed by atoms with van der Waals surface area (Å²) in [6.45, 7) is 1.75. The first kappa shape index (κ1) is 19.0. The lowest BCUT2D eigenvalue weighted by atomic mass is 10.2. The van der Waals surface area contributed by atoms with Gasteiger partial charge in [-0.1, -0.05) is 23.7 Å². The van der Waals surface area contributed by atoms with Crippen molar-refractivity contribution in [2.45, 2.75) is 13.0 Å². The van der Waals surface area contributed by atoms with Gasteiger partial charge < -0.3 is 19.9 Å². The number of rotatable bonds is 8. The molecule has 0 aliphatic heterocycles. The van der Waals surface area contributed by atoms with Gasteiger partial charge in [0, 0.05) is 12.6 Å². The van der Waals surface area contributed by atoms with Gasteiger partial charge in [-0.05, 0) is 36.8 Å². The van der Waals surface area contributed by atoms with E-state index < -0.39 is 17.8 Å². The summed E-state index contributed by atoms with van der Waals surface area (Å²) in [6, 6.07) is 11.3. The molecule has 1 atom stereocenters. The first-order valence-electron chi connectivity index (χ1n) is 7.66. The monoisotopic (exact) mass is 367 g/mol. The summed E-state index contributed by atoms with van der Waals surface area (Å²) in [7, 11) is 0. The fourth-order valence-electron chi connectivity index (χ4n) is 1.95. The normalized spacial score (nSPS) is 11.7. The SMILES string of the molecule is Cc1cccc(OCC(O)CNC(=O)COc2ccc(F)c(Cl)c2)c1. The highest BCUT2D eigenvalue weighted by Gasteiger charge is 2.09. The maximum Gasteiger partial charge on any atom is 0.258 e. The van der Waals surface area contributed by atoms with Gasteiger partial charge in [0.05, 0.1) is 5.02 Å². The Kier molecular flexibility index (Phi) is 7.03. The van der Waals surface area contributed by atoms with Crippen molar-refractivity contribution in [3.8, 4) is 11.5 Å². The smallest absolute Gasteiger partial charge is 0.258 e. The largest absolute Gasteiger partial charge is 0.491 e. The van der Waals surface area contributed by atoms with Crippen LogP contribution in [-0.4, -0.2) is 36.9 Å². The molecule has 0 aromatic heterocycles. The third kappa shape index (κ3) is 6.60. The molecule has 134 valence electrons. The number of carbonyl (C=O) groups is 1. The summed E-state index contributed by atoms with van der Waals surface area (Å²) in [4.78, 5) is 11.7. The molecule has 0 aliphatic rings. The van der Waals surface area contributed by atoms with Gasteiger partial charge in [0.2, 0.25) is 0 Å². The lowest BCUT2D eigenvalue weighted by molar-refractivity contribution is -0.123. The van der Waals surface area contributed by atoms with Crippen molar-refractivity contribution in [2.75, 3.05) is 19.8 Å². The number of aryl methyl sites for hydroxylation is 1. The maximum atomic E-state index is 13.0. The van der Waals surface area contributed by atoms with Gasteiger partial charge in [-0.2, -0.15) is 0 Å². The first-order valence-corrected chi connectivity index (χ1v) is 8.04. The van der Waals surface area contributed by atoms with E-state index in [2.05, 4.69) is 5.32 Å². The minimum atomic E-state index is -0.857. The summed E-state index contributed by atoms with van der Waals surface area (Å²) >= 11 is 5.62. The number of hydrogen-bond donors (Lipinski definition) is 2. The number of ether oxygens (including phenoxy) is 2. The highest BCUT2D eigenvalue weighted by atomic mass is 35.5. The van der Waals surface area contributed by atoms with Crippen molar-refractivity contribution in [1.82, 2.24) is 5.32 Å². The summed E-state index contributed by atoms with van der Waals surface area (Å²) in [6.07, 6.45) is -0.857. The number of hydrogen-bond acceptors (Lipinski definition) is 4. The van der Waals surface area contributed by atoms with Crippen molar-refractivity contribution >= 4 is 17.5 Å². The Hall–Kier alpha value is -2.31. The van der Waals surface area contributed by atoms with Crippen molar-refractivity contribution < 1.29 is 23.8 Å². The third-order valence-corrected chi connectivity index (χ3v) is 3.52. The molecule has 0 spiro atoms. The predicted molar refractivity (Wildman–Crippen MR) is 92.6 cm³/mol. The summed E-state index contributed by atoms with van der Waals surface area (Å²) in [5, 5.41) is 12.3. The summed E-state index contributed by atoms with van der Waals surface area (Å²) in [5.41, 5.74) is 1.05. The maximum absolute atomic E-state index is 13.0. The van der Waals surface area contributed by atoms with Gasteiger partial charge >= 0.3 is 0 Å². The summed E-state index contributed by atoms with van der Waals surface area (Å²) < 4.78 is 23.7. The fraction of sp³-hybridized carbons (Fsp3) is 0.278. The molecular formula is C18H19ClFNO4. The molecule has 2 rings (SSSR count).